The molecule has 0 saturated carbocycles. The Kier molecular flexibility index (Phi) is 5.26. The number of hydrogen-bond acceptors (Lipinski definition) is 2. The average Bonchev–Trinajstić information content (AvgIpc) is 2.23. The standard InChI is InChI=1S/C13H19NOS/c1-10-6-5-7-12(11(10)2)15-9-4-3-8-13(14)16/h5-7H,3-4,8-9H2,1-2H3,(H2,14,16). The zero-order valence-corrected chi connectivity index (χ0v) is 10.8. The molecule has 88 valence electrons. The van der Waals surface area contributed by atoms with Gasteiger partial charge in [0.05, 0.1) is 11.6 Å². The summed E-state index contributed by atoms with van der Waals surface area (Å²) in [5, 5.41) is 0. The molecule has 0 amide bonds. The number of benzene rings is 1. The number of hydrogen-bond donors (Lipinski definition) is 1. The van der Waals surface area contributed by atoms with Gasteiger partial charge in [-0.25, -0.2) is 0 Å². The highest BCUT2D eigenvalue weighted by molar-refractivity contribution is 7.80. The van der Waals surface area contributed by atoms with E-state index in [1.165, 1.54) is 11.1 Å². The molecule has 0 aliphatic heterocycles. The summed E-state index contributed by atoms with van der Waals surface area (Å²) in [6, 6.07) is 6.12. The van der Waals surface area contributed by atoms with Gasteiger partial charge < -0.3 is 10.5 Å². The Balaban J connectivity index is 2.32. The fraction of sp³-hybridized carbons (Fsp3) is 0.462. The van der Waals surface area contributed by atoms with Gasteiger partial charge in [-0.3, -0.25) is 0 Å². The van der Waals surface area contributed by atoms with E-state index < -0.39 is 0 Å². The summed E-state index contributed by atoms with van der Waals surface area (Å²) in [7, 11) is 0. The highest BCUT2D eigenvalue weighted by atomic mass is 32.1. The van der Waals surface area contributed by atoms with Crippen LogP contribution in [0.15, 0.2) is 18.2 Å². The van der Waals surface area contributed by atoms with E-state index in [0.717, 1.165) is 31.6 Å². The maximum absolute atomic E-state index is 5.72. The Morgan fingerprint density at radius 2 is 2.06 bits per heavy atom. The minimum absolute atomic E-state index is 0.590. The summed E-state index contributed by atoms with van der Waals surface area (Å²) >= 11 is 4.81. The average molecular weight is 237 g/mol. The molecule has 1 aromatic carbocycles. The number of thiocarbonyl (C=S) groups is 1. The third-order valence-electron chi connectivity index (χ3n) is 2.63. The number of rotatable bonds is 6. The predicted octanol–water partition coefficient (Wildman–Crippen LogP) is 3.14. The van der Waals surface area contributed by atoms with Crippen molar-refractivity contribution in [3.8, 4) is 5.75 Å². The molecule has 0 saturated heterocycles. The number of aryl methyl sites for hydroxylation is 1. The lowest BCUT2D eigenvalue weighted by atomic mass is 10.1. The van der Waals surface area contributed by atoms with Crippen molar-refractivity contribution in [2.45, 2.75) is 33.1 Å². The van der Waals surface area contributed by atoms with Crippen LogP contribution in [0.5, 0.6) is 5.75 Å². The highest BCUT2D eigenvalue weighted by Gasteiger charge is 2.01. The van der Waals surface area contributed by atoms with E-state index in [0.29, 0.717) is 4.99 Å². The van der Waals surface area contributed by atoms with E-state index in [-0.39, 0.29) is 0 Å². The van der Waals surface area contributed by atoms with Crippen LogP contribution in [0, 0.1) is 13.8 Å². The molecule has 0 aliphatic rings. The summed E-state index contributed by atoms with van der Waals surface area (Å²) in [6.45, 7) is 4.90. The molecule has 0 fully saturated rings. The Labute approximate surface area is 103 Å². The van der Waals surface area contributed by atoms with Gasteiger partial charge in [-0.2, -0.15) is 0 Å². The fourth-order valence-electron chi connectivity index (χ4n) is 1.46. The second-order valence-electron chi connectivity index (χ2n) is 3.97. The molecular weight excluding hydrogens is 218 g/mol. The predicted molar refractivity (Wildman–Crippen MR) is 72.0 cm³/mol. The molecule has 0 heterocycles. The van der Waals surface area contributed by atoms with Crippen molar-refractivity contribution in [1.29, 1.82) is 0 Å². The minimum atomic E-state index is 0.590. The van der Waals surface area contributed by atoms with Gasteiger partial charge in [0.25, 0.3) is 0 Å². The van der Waals surface area contributed by atoms with Crippen molar-refractivity contribution in [2.75, 3.05) is 6.61 Å². The smallest absolute Gasteiger partial charge is 0.122 e. The van der Waals surface area contributed by atoms with Gasteiger partial charge in [0.2, 0.25) is 0 Å². The quantitative estimate of drug-likeness (QED) is 0.610. The highest BCUT2D eigenvalue weighted by Crippen LogP contribution is 2.20. The third-order valence-corrected chi connectivity index (χ3v) is 2.83. The van der Waals surface area contributed by atoms with Gasteiger partial charge in [0, 0.05) is 0 Å². The van der Waals surface area contributed by atoms with Crippen LogP contribution >= 0.6 is 12.2 Å². The summed E-state index contributed by atoms with van der Waals surface area (Å²) in [6.07, 6.45) is 2.80. The molecule has 0 aliphatic carbocycles. The summed E-state index contributed by atoms with van der Waals surface area (Å²) in [5.74, 6) is 0.982. The molecule has 0 spiro atoms. The first-order chi connectivity index (χ1) is 7.61. The lowest BCUT2D eigenvalue weighted by molar-refractivity contribution is 0.306. The summed E-state index contributed by atoms with van der Waals surface area (Å²) in [5.41, 5.74) is 7.90. The molecule has 0 radical (unpaired) electrons. The van der Waals surface area contributed by atoms with Crippen molar-refractivity contribution in [3.63, 3.8) is 0 Å². The van der Waals surface area contributed by atoms with Gasteiger partial charge in [-0.1, -0.05) is 24.4 Å². The van der Waals surface area contributed by atoms with Crippen molar-refractivity contribution in [1.82, 2.24) is 0 Å². The van der Waals surface area contributed by atoms with Gasteiger partial charge in [0.15, 0.2) is 0 Å². The first-order valence-corrected chi connectivity index (χ1v) is 5.99. The van der Waals surface area contributed by atoms with E-state index >= 15 is 0 Å². The molecule has 0 atom stereocenters. The third kappa shape index (κ3) is 4.19. The lowest BCUT2D eigenvalue weighted by Gasteiger charge is -2.10. The van der Waals surface area contributed by atoms with Crippen LogP contribution in [0.3, 0.4) is 0 Å². The second kappa shape index (κ2) is 6.48. The van der Waals surface area contributed by atoms with E-state index in [1.54, 1.807) is 0 Å². The molecule has 3 heteroatoms. The van der Waals surface area contributed by atoms with Crippen molar-refractivity contribution in [2.24, 2.45) is 5.73 Å². The van der Waals surface area contributed by atoms with Gasteiger partial charge in [0.1, 0.15) is 5.75 Å². The zero-order valence-electron chi connectivity index (χ0n) is 9.95. The molecule has 2 nitrogen and oxygen atoms in total. The first-order valence-electron chi connectivity index (χ1n) is 5.58. The van der Waals surface area contributed by atoms with Crippen LogP contribution < -0.4 is 10.5 Å². The summed E-state index contributed by atoms with van der Waals surface area (Å²) < 4.78 is 5.72. The van der Waals surface area contributed by atoms with E-state index in [4.69, 9.17) is 22.7 Å². The Morgan fingerprint density at radius 1 is 1.31 bits per heavy atom. The minimum Gasteiger partial charge on any atom is -0.493 e. The normalized spacial score (nSPS) is 10.1. The lowest BCUT2D eigenvalue weighted by Crippen LogP contribution is -2.08. The Hall–Kier alpha value is -1.09. The molecule has 1 aromatic rings. The van der Waals surface area contributed by atoms with Crippen LogP contribution in [0.4, 0.5) is 0 Å². The van der Waals surface area contributed by atoms with Gasteiger partial charge in [-0.05, 0) is 50.3 Å². The Morgan fingerprint density at radius 3 is 2.75 bits per heavy atom. The van der Waals surface area contributed by atoms with Crippen LogP contribution in [0.25, 0.3) is 0 Å². The SMILES string of the molecule is Cc1cccc(OCCCCC(N)=S)c1C. The van der Waals surface area contributed by atoms with Gasteiger partial charge in [-0.15, -0.1) is 0 Å². The maximum Gasteiger partial charge on any atom is 0.122 e. The number of ether oxygens (including phenoxy) is 1. The van der Waals surface area contributed by atoms with Crippen LogP contribution in [0.2, 0.25) is 0 Å². The van der Waals surface area contributed by atoms with Gasteiger partial charge >= 0.3 is 0 Å². The topological polar surface area (TPSA) is 35.2 Å². The van der Waals surface area contributed by atoms with Crippen LogP contribution in [-0.2, 0) is 0 Å². The fourth-order valence-corrected chi connectivity index (χ4v) is 1.61. The molecule has 16 heavy (non-hydrogen) atoms. The number of nitrogens with two attached hydrogens (primary N) is 1. The van der Waals surface area contributed by atoms with Crippen molar-refractivity contribution < 1.29 is 4.74 Å². The first kappa shape index (κ1) is 13.0. The van der Waals surface area contributed by atoms with E-state index in [9.17, 15) is 0 Å². The van der Waals surface area contributed by atoms with Crippen molar-refractivity contribution in [3.05, 3.63) is 29.3 Å². The zero-order chi connectivity index (χ0) is 12.0. The molecule has 0 unspecified atom stereocenters. The monoisotopic (exact) mass is 237 g/mol. The molecule has 0 bridgehead atoms. The second-order valence-corrected chi connectivity index (χ2v) is 4.49. The largest absolute Gasteiger partial charge is 0.493 e. The number of unbranched alkanes of at least 4 members (excludes halogenated alkanes) is 1. The molecule has 2 N–H and O–H groups in total. The summed E-state index contributed by atoms with van der Waals surface area (Å²) in [4.78, 5) is 0.590. The van der Waals surface area contributed by atoms with Crippen molar-refractivity contribution >= 4 is 17.2 Å². The molecular formula is C13H19NOS. The van der Waals surface area contributed by atoms with E-state index in [2.05, 4.69) is 19.9 Å². The molecule has 0 aromatic heterocycles. The van der Waals surface area contributed by atoms with E-state index in [1.807, 2.05) is 12.1 Å². The van der Waals surface area contributed by atoms with Crippen LogP contribution in [0.1, 0.15) is 30.4 Å². The maximum atomic E-state index is 5.72. The molecule has 1 rings (SSSR count). The Bertz CT molecular complexity index is 363. The van der Waals surface area contributed by atoms with Crippen LogP contribution in [-0.4, -0.2) is 11.6 Å².